The molecule has 33 heavy (non-hydrogen) atoms. The van der Waals surface area contributed by atoms with Crippen LogP contribution in [0.5, 0.6) is 0 Å². The molecule has 5 rings (SSSR count). The largest absolute Gasteiger partial charge is 0.394 e. The molecule has 2 aliphatic rings. The van der Waals surface area contributed by atoms with Crippen LogP contribution in [0.3, 0.4) is 0 Å². The first-order valence-corrected chi connectivity index (χ1v) is 11.6. The van der Waals surface area contributed by atoms with Crippen molar-refractivity contribution >= 4 is 16.7 Å². The molecular formula is C24H31FN6O2. The van der Waals surface area contributed by atoms with Gasteiger partial charge in [0.25, 0.3) is 0 Å². The third-order valence-electron chi connectivity index (χ3n) is 6.79. The summed E-state index contributed by atoms with van der Waals surface area (Å²) in [5.41, 5.74) is 3.07. The number of aromatic nitrogens is 4. The fourth-order valence-electron chi connectivity index (χ4n) is 5.04. The van der Waals surface area contributed by atoms with E-state index in [0.29, 0.717) is 37.9 Å². The molecule has 176 valence electrons. The zero-order valence-corrected chi connectivity index (χ0v) is 19.4. The van der Waals surface area contributed by atoms with Crippen LogP contribution in [0.1, 0.15) is 29.3 Å². The average Bonchev–Trinajstić information content (AvgIpc) is 3.21. The van der Waals surface area contributed by atoms with E-state index in [2.05, 4.69) is 43.9 Å². The first kappa shape index (κ1) is 22.2. The van der Waals surface area contributed by atoms with Crippen molar-refractivity contribution in [2.24, 2.45) is 0 Å². The number of anilines is 1. The Balaban J connectivity index is 1.53. The maximum atomic E-state index is 15.0. The van der Waals surface area contributed by atoms with E-state index in [4.69, 9.17) is 4.74 Å². The Morgan fingerprint density at radius 2 is 1.94 bits per heavy atom. The smallest absolute Gasteiger partial charge is 0.159 e. The molecule has 0 unspecified atom stereocenters. The number of likely N-dealkylation sites (tertiary alicyclic amines) is 1. The summed E-state index contributed by atoms with van der Waals surface area (Å²) < 4.78 is 22.4. The van der Waals surface area contributed by atoms with E-state index in [1.807, 2.05) is 30.9 Å². The van der Waals surface area contributed by atoms with Gasteiger partial charge in [0.1, 0.15) is 17.8 Å². The van der Waals surface area contributed by atoms with Gasteiger partial charge < -0.3 is 19.6 Å². The van der Waals surface area contributed by atoms with Crippen LogP contribution in [0, 0.1) is 13.8 Å². The second-order valence-electron chi connectivity index (χ2n) is 9.25. The normalized spacial score (nSPS) is 24.5. The van der Waals surface area contributed by atoms with E-state index in [0.717, 1.165) is 40.8 Å². The molecule has 1 aromatic carbocycles. The SMILES string of the molecule is Cc1nc(N2CCO[C@H](CO)C2)cc(-n2ncc3cc(C)c([C@@H]4CCN(C)C[C@@H]4F)cc32)n1. The van der Waals surface area contributed by atoms with Gasteiger partial charge in [0.15, 0.2) is 5.82 Å². The summed E-state index contributed by atoms with van der Waals surface area (Å²) in [5.74, 6) is 1.99. The topological polar surface area (TPSA) is 79.5 Å². The number of aryl methyl sites for hydroxylation is 2. The molecule has 1 N–H and O–H groups in total. The van der Waals surface area contributed by atoms with Gasteiger partial charge >= 0.3 is 0 Å². The number of hydrogen-bond acceptors (Lipinski definition) is 7. The van der Waals surface area contributed by atoms with Crippen LogP contribution in [0.15, 0.2) is 24.4 Å². The molecule has 2 aromatic heterocycles. The monoisotopic (exact) mass is 454 g/mol. The Morgan fingerprint density at radius 1 is 1.12 bits per heavy atom. The number of alkyl halides is 1. The van der Waals surface area contributed by atoms with Crippen molar-refractivity contribution in [1.29, 1.82) is 0 Å². The standard InChI is InChI=1S/C24H31FN6O2/c1-15-8-17-11-26-31(22(17)9-20(15)19-4-5-29(3)13-21(19)25)24-10-23(27-16(2)28-24)30-6-7-33-18(12-30)14-32/h8-11,18-19,21,32H,4-7,12-14H2,1-3H3/t18-,19-,21-/m0/s1. The highest BCUT2D eigenvalue weighted by Crippen LogP contribution is 2.35. The highest BCUT2D eigenvalue weighted by Gasteiger charge is 2.30. The van der Waals surface area contributed by atoms with Crippen LogP contribution < -0.4 is 4.90 Å². The van der Waals surface area contributed by atoms with Crippen molar-refractivity contribution in [2.75, 3.05) is 51.3 Å². The minimum atomic E-state index is -0.884. The zero-order chi connectivity index (χ0) is 23.1. The third kappa shape index (κ3) is 4.32. The summed E-state index contributed by atoms with van der Waals surface area (Å²) >= 11 is 0. The molecule has 0 spiro atoms. The predicted molar refractivity (Wildman–Crippen MR) is 125 cm³/mol. The van der Waals surface area contributed by atoms with E-state index < -0.39 is 6.17 Å². The third-order valence-corrected chi connectivity index (χ3v) is 6.79. The molecule has 3 atom stereocenters. The van der Waals surface area contributed by atoms with E-state index >= 15 is 0 Å². The quantitative estimate of drug-likeness (QED) is 0.648. The molecule has 3 aromatic rings. The molecule has 0 amide bonds. The molecule has 0 bridgehead atoms. The molecule has 4 heterocycles. The molecule has 8 nitrogen and oxygen atoms in total. The number of hydrogen-bond donors (Lipinski definition) is 1. The fraction of sp³-hybridized carbons (Fsp3) is 0.542. The number of piperidine rings is 1. The molecule has 0 aliphatic carbocycles. The minimum Gasteiger partial charge on any atom is -0.394 e. The molecule has 9 heteroatoms. The predicted octanol–water partition coefficient (Wildman–Crippen LogP) is 2.39. The fourth-order valence-corrected chi connectivity index (χ4v) is 5.04. The van der Waals surface area contributed by atoms with Crippen LogP contribution in [0.4, 0.5) is 10.2 Å². The molecule has 2 saturated heterocycles. The van der Waals surface area contributed by atoms with E-state index in [-0.39, 0.29) is 18.6 Å². The number of halogens is 1. The number of rotatable bonds is 4. The lowest BCUT2D eigenvalue weighted by atomic mass is 9.85. The summed E-state index contributed by atoms with van der Waals surface area (Å²) in [4.78, 5) is 13.4. The van der Waals surface area contributed by atoms with Gasteiger partial charge in [-0.2, -0.15) is 5.10 Å². The molecule has 2 fully saturated rings. The zero-order valence-electron chi connectivity index (χ0n) is 19.4. The number of aliphatic hydroxyl groups is 1. The van der Waals surface area contributed by atoms with Crippen LogP contribution >= 0.6 is 0 Å². The van der Waals surface area contributed by atoms with Gasteiger partial charge in [-0.1, -0.05) is 0 Å². The van der Waals surface area contributed by atoms with Gasteiger partial charge in [0.2, 0.25) is 0 Å². The van der Waals surface area contributed by atoms with Gasteiger partial charge in [-0.15, -0.1) is 0 Å². The van der Waals surface area contributed by atoms with Gasteiger partial charge in [0, 0.05) is 37.0 Å². The summed E-state index contributed by atoms with van der Waals surface area (Å²) in [6.45, 7) is 7.07. The van der Waals surface area contributed by atoms with Gasteiger partial charge in [-0.3, -0.25) is 0 Å². The number of aliphatic hydroxyl groups excluding tert-OH is 1. The Labute approximate surface area is 193 Å². The highest BCUT2D eigenvalue weighted by molar-refractivity contribution is 5.82. The molecule has 2 aliphatic heterocycles. The average molecular weight is 455 g/mol. The number of nitrogens with zero attached hydrogens (tertiary/aromatic N) is 6. The molecule has 0 saturated carbocycles. The maximum Gasteiger partial charge on any atom is 0.159 e. The molecular weight excluding hydrogens is 423 g/mol. The summed E-state index contributed by atoms with van der Waals surface area (Å²) in [5, 5.41) is 15.1. The van der Waals surface area contributed by atoms with Gasteiger partial charge in [0.05, 0.1) is 31.0 Å². The van der Waals surface area contributed by atoms with Crippen molar-refractivity contribution in [1.82, 2.24) is 24.6 Å². The lowest BCUT2D eigenvalue weighted by molar-refractivity contribution is 0.00335. The summed E-state index contributed by atoms with van der Waals surface area (Å²) in [6.07, 6.45) is 1.53. The van der Waals surface area contributed by atoms with Crippen LogP contribution in [-0.4, -0.2) is 88.5 Å². The summed E-state index contributed by atoms with van der Waals surface area (Å²) in [7, 11) is 1.97. The Hall–Kier alpha value is -2.62. The maximum absolute atomic E-state index is 15.0. The number of benzene rings is 1. The Morgan fingerprint density at radius 3 is 2.73 bits per heavy atom. The first-order valence-electron chi connectivity index (χ1n) is 11.6. The van der Waals surface area contributed by atoms with Crippen molar-refractivity contribution in [2.45, 2.75) is 38.5 Å². The Bertz CT molecular complexity index is 1150. The van der Waals surface area contributed by atoms with E-state index in [1.54, 1.807) is 0 Å². The van der Waals surface area contributed by atoms with Crippen molar-refractivity contribution in [3.63, 3.8) is 0 Å². The van der Waals surface area contributed by atoms with Crippen molar-refractivity contribution in [3.8, 4) is 5.82 Å². The van der Waals surface area contributed by atoms with Crippen LogP contribution in [0.2, 0.25) is 0 Å². The van der Waals surface area contributed by atoms with E-state index in [9.17, 15) is 9.50 Å². The minimum absolute atomic E-state index is 0.0220. The van der Waals surface area contributed by atoms with Crippen LogP contribution in [0.25, 0.3) is 16.7 Å². The van der Waals surface area contributed by atoms with Gasteiger partial charge in [-0.05, 0) is 57.1 Å². The van der Waals surface area contributed by atoms with Gasteiger partial charge in [-0.25, -0.2) is 19.0 Å². The lowest BCUT2D eigenvalue weighted by Crippen LogP contribution is -2.44. The van der Waals surface area contributed by atoms with E-state index in [1.165, 1.54) is 0 Å². The molecule has 0 radical (unpaired) electrons. The van der Waals surface area contributed by atoms with Crippen LogP contribution in [-0.2, 0) is 4.74 Å². The summed E-state index contributed by atoms with van der Waals surface area (Å²) in [6, 6.07) is 6.11. The highest BCUT2D eigenvalue weighted by atomic mass is 19.1. The second-order valence-corrected chi connectivity index (χ2v) is 9.25. The van der Waals surface area contributed by atoms with Crippen molar-refractivity contribution < 1.29 is 14.2 Å². The number of fused-ring (bicyclic) bond motifs is 1. The van der Waals surface area contributed by atoms with Crippen molar-refractivity contribution in [3.05, 3.63) is 41.3 Å². The lowest BCUT2D eigenvalue weighted by Gasteiger charge is -2.33. The number of ether oxygens (including phenoxy) is 1. The number of morpholine rings is 1. The first-order chi connectivity index (χ1) is 15.9. The second kappa shape index (κ2) is 8.96. The Kier molecular flexibility index (Phi) is 6.03.